The molecule has 0 bridgehead atoms. The van der Waals surface area contributed by atoms with Crippen LogP contribution in [0.2, 0.25) is 0 Å². The third kappa shape index (κ3) is 5.92. The first kappa shape index (κ1) is 21.1. The Morgan fingerprint density at radius 3 is 2.35 bits per heavy atom. The minimum atomic E-state index is 0.0616. The van der Waals surface area contributed by atoms with E-state index in [4.69, 9.17) is 21.9 Å². The highest BCUT2D eigenvalue weighted by atomic mass is 32.1. The molecule has 6 nitrogen and oxygen atoms in total. The van der Waals surface area contributed by atoms with Crippen molar-refractivity contribution in [1.29, 1.82) is 0 Å². The summed E-state index contributed by atoms with van der Waals surface area (Å²) in [4.78, 5) is 11.5. The van der Waals surface area contributed by atoms with E-state index in [0.717, 1.165) is 43.1 Å². The van der Waals surface area contributed by atoms with Crippen LogP contribution in [-0.2, 0) is 0 Å². The second-order valence-electron chi connectivity index (χ2n) is 7.58. The highest BCUT2D eigenvalue weighted by molar-refractivity contribution is 7.80. The maximum absolute atomic E-state index is 6.00. The number of rotatable bonds is 6. The van der Waals surface area contributed by atoms with Crippen molar-refractivity contribution in [2.45, 2.75) is 32.2 Å². The summed E-state index contributed by atoms with van der Waals surface area (Å²) in [6.07, 6.45) is 3.58. The van der Waals surface area contributed by atoms with Gasteiger partial charge in [-0.3, -0.25) is 0 Å². The molecule has 0 unspecified atom stereocenters. The van der Waals surface area contributed by atoms with Crippen LogP contribution in [0.5, 0.6) is 11.6 Å². The molecule has 1 aromatic heterocycles. The largest absolute Gasteiger partial charge is 0.439 e. The summed E-state index contributed by atoms with van der Waals surface area (Å²) < 4.78 is 6.00. The first-order chi connectivity index (χ1) is 15.2. The summed E-state index contributed by atoms with van der Waals surface area (Å²) in [6, 6.07) is 21.8. The fraction of sp³-hybridized carbons (Fsp3) is 0.292. The lowest BCUT2D eigenvalue weighted by molar-refractivity contribution is 0.461. The van der Waals surface area contributed by atoms with Gasteiger partial charge < -0.3 is 20.3 Å². The Balaban J connectivity index is 1.52. The molecule has 7 heteroatoms. The number of aromatic nitrogens is 2. The number of para-hydroxylation sites is 1. The van der Waals surface area contributed by atoms with Gasteiger partial charge in [-0.15, -0.1) is 0 Å². The van der Waals surface area contributed by atoms with Crippen LogP contribution >= 0.6 is 12.2 Å². The van der Waals surface area contributed by atoms with E-state index in [1.54, 1.807) is 0 Å². The van der Waals surface area contributed by atoms with Gasteiger partial charge in [0.05, 0.1) is 6.04 Å². The summed E-state index contributed by atoms with van der Waals surface area (Å²) in [6.45, 7) is 4.03. The topological polar surface area (TPSA) is 62.3 Å². The van der Waals surface area contributed by atoms with Gasteiger partial charge in [0.25, 0.3) is 0 Å². The van der Waals surface area contributed by atoms with E-state index in [1.807, 2.05) is 54.6 Å². The number of hydrogen-bond donors (Lipinski definition) is 2. The van der Waals surface area contributed by atoms with E-state index in [2.05, 4.69) is 39.6 Å². The summed E-state index contributed by atoms with van der Waals surface area (Å²) in [7, 11) is 0. The van der Waals surface area contributed by atoms with Crippen LogP contribution in [0, 0.1) is 0 Å². The van der Waals surface area contributed by atoms with Gasteiger partial charge in [0.2, 0.25) is 11.8 Å². The molecule has 31 heavy (non-hydrogen) atoms. The monoisotopic (exact) mass is 433 g/mol. The summed E-state index contributed by atoms with van der Waals surface area (Å²) in [5.74, 6) is 2.49. The molecule has 2 N–H and O–H groups in total. The third-order valence-corrected chi connectivity index (χ3v) is 5.43. The predicted molar refractivity (Wildman–Crippen MR) is 129 cm³/mol. The van der Waals surface area contributed by atoms with Crippen LogP contribution in [-0.4, -0.2) is 28.2 Å². The van der Waals surface area contributed by atoms with Crippen molar-refractivity contribution in [2.24, 2.45) is 0 Å². The van der Waals surface area contributed by atoms with Crippen molar-refractivity contribution >= 4 is 29.1 Å². The standard InChI is InChI=1S/C24H27N5OS/c1-18(19-11-5-2-6-12-19)25-24(31)28-23-26-21(29-15-9-4-10-16-29)17-22(27-23)30-20-13-7-3-8-14-20/h2-3,5-8,11-14,17-18H,4,9-10,15-16H2,1H3,(H2,25,26,27,28,31)/t18-/m1/s1. The lowest BCUT2D eigenvalue weighted by Gasteiger charge is -2.28. The lowest BCUT2D eigenvalue weighted by Crippen LogP contribution is -2.33. The lowest BCUT2D eigenvalue weighted by atomic mass is 10.1. The second-order valence-corrected chi connectivity index (χ2v) is 7.99. The number of benzene rings is 2. The Kier molecular flexibility index (Phi) is 6.94. The number of thiocarbonyl (C=S) groups is 1. The van der Waals surface area contributed by atoms with E-state index in [9.17, 15) is 0 Å². The molecule has 0 spiro atoms. The number of nitrogens with zero attached hydrogens (tertiary/aromatic N) is 3. The van der Waals surface area contributed by atoms with Crippen molar-refractivity contribution in [3.8, 4) is 11.6 Å². The summed E-state index contributed by atoms with van der Waals surface area (Å²) in [5, 5.41) is 6.91. The van der Waals surface area contributed by atoms with E-state index >= 15 is 0 Å². The highest BCUT2D eigenvalue weighted by Crippen LogP contribution is 2.26. The molecule has 160 valence electrons. The Morgan fingerprint density at radius 1 is 0.968 bits per heavy atom. The van der Waals surface area contributed by atoms with Crippen molar-refractivity contribution in [2.75, 3.05) is 23.3 Å². The van der Waals surface area contributed by atoms with Gasteiger partial charge in [-0.2, -0.15) is 9.97 Å². The molecule has 1 aliphatic rings. The van der Waals surface area contributed by atoms with Gasteiger partial charge in [-0.05, 0) is 56.1 Å². The molecule has 3 aromatic rings. The predicted octanol–water partition coefficient (Wildman–Crippen LogP) is 5.31. The Bertz CT molecular complexity index is 993. The molecule has 0 radical (unpaired) electrons. The first-order valence-electron chi connectivity index (χ1n) is 10.7. The van der Waals surface area contributed by atoms with Gasteiger partial charge in [0.15, 0.2) is 5.11 Å². The van der Waals surface area contributed by atoms with Gasteiger partial charge in [0.1, 0.15) is 11.6 Å². The fourth-order valence-electron chi connectivity index (χ4n) is 3.57. The maximum atomic E-state index is 6.00. The summed E-state index contributed by atoms with van der Waals surface area (Å²) >= 11 is 5.53. The minimum Gasteiger partial charge on any atom is -0.439 e. The van der Waals surface area contributed by atoms with E-state index in [-0.39, 0.29) is 6.04 Å². The zero-order valence-corrected chi connectivity index (χ0v) is 18.4. The van der Waals surface area contributed by atoms with Crippen LogP contribution in [0.3, 0.4) is 0 Å². The molecular weight excluding hydrogens is 406 g/mol. The van der Waals surface area contributed by atoms with E-state index in [0.29, 0.717) is 16.9 Å². The molecule has 1 atom stereocenters. The molecule has 0 aliphatic carbocycles. The van der Waals surface area contributed by atoms with Crippen LogP contribution in [0.1, 0.15) is 37.8 Å². The number of piperidine rings is 1. The van der Waals surface area contributed by atoms with Crippen molar-refractivity contribution in [3.05, 3.63) is 72.3 Å². The van der Waals surface area contributed by atoms with Gasteiger partial charge in [-0.25, -0.2) is 0 Å². The second kappa shape index (κ2) is 10.2. The van der Waals surface area contributed by atoms with Crippen LogP contribution < -0.4 is 20.3 Å². The molecule has 4 rings (SSSR count). The molecule has 2 aromatic carbocycles. The molecule has 0 saturated carbocycles. The van der Waals surface area contributed by atoms with Gasteiger partial charge in [0, 0.05) is 19.2 Å². The Hall–Kier alpha value is -3.19. The van der Waals surface area contributed by atoms with Crippen LogP contribution in [0.15, 0.2) is 66.7 Å². The number of anilines is 2. The summed E-state index contributed by atoms with van der Waals surface area (Å²) in [5.41, 5.74) is 1.16. The van der Waals surface area contributed by atoms with Crippen molar-refractivity contribution in [3.63, 3.8) is 0 Å². The van der Waals surface area contributed by atoms with E-state index in [1.165, 1.54) is 6.42 Å². The SMILES string of the molecule is C[C@@H](NC(=S)Nc1nc(Oc2ccccc2)cc(N2CCCCC2)n1)c1ccccc1. The molecule has 1 saturated heterocycles. The third-order valence-electron chi connectivity index (χ3n) is 5.21. The van der Waals surface area contributed by atoms with Crippen LogP contribution in [0.25, 0.3) is 0 Å². The van der Waals surface area contributed by atoms with E-state index < -0.39 is 0 Å². The normalized spacial score (nSPS) is 14.5. The molecular formula is C24H27N5OS. The number of hydrogen-bond acceptors (Lipinski definition) is 5. The zero-order valence-electron chi connectivity index (χ0n) is 17.6. The maximum Gasteiger partial charge on any atom is 0.234 e. The fourth-order valence-corrected chi connectivity index (χ4v) is 3.84. The van der Waals surface area contributed by atoms with Crippen LogP contribution in [0.4, 0.5) is 11.8 Å². The first-order valence-corrected chi connectivity index (χ1v) is 11.1. The number of ether oxygens (including phenoxy) is 1. The quantitative estimate of drug-likeness (QED) is 0.511. The van der Waals surface area contributed by atoms with Gasteiger partial charge in [-0.1, -0.05) is 48.5 Å². The molecule has 2 heterocycles. The number of nitrogens with one attached hydrogen (secondary N) is 2. The molecule has 1 fully saturated rings. The molecule has 1 aliphatic heterocycles. The highest BCUT2D eigenvalue weighted by Gasteiger charge is 2.16. The van der Waals surface area contributed by atoms with Crippen molar-refractivity contribution in [1.82, 2.24) is 15.3 Å². The average Bonchev–Trinajstić information content (AvgIpc) is 2.80. The zero-order chi connectivity index (χ0) is 21.5. The minimum absolute atomic E-state index is 0.0616. The molecule has 0 amide bonds. The van der Waals surface area contributed by atoms with Crippen molar-refractivity contribution < 1.29 is 4.74 Å². The smallest absolute Gasteiger partial charge is 0.234 e. The average molecular weight is 434 g/mol. The Morgan fingerprint density at radius 2 is 1.65 bits per heavy atom. The Labute approximate surface area is 188 Å². The van der Waals surface area contributed by atoms with Gasteiger partial charge >= 0.3 is 0 Å².